The van der Waals surface area contributed by atoms with Crippen LogP contribution in [0, 0.1) is 10.1 Å². The molecule has 0 radical (unpaired) electrons. The van der Waals surface area contributed by atoms with Crippen molar-refractivity contribution in [1.29, 1.82) is 0 Å². The third kappa shape index (κ3) is 3.21. The highest BCUT2D eigenvalue weighted by atomic mass is 16.6. The van der Waals surface area contributed by atoms with Crippen molar-refractivity contribution in [2.75, 3.05) is 7.11 Å². The van der Waals surface area contributed by atoms with Gasteiger partial charge in [-0.05, 0) is 16.1 Å². The maximum atomic E-state index is 12.7. The van der Waals surface area contributed by atoms with Crippen LogP contribution < -0.4 is 0 Å². The summed E-state index contributed by atoms with van der Waals surface area (Å²) in [6.07, 6.45) is 1.60. The third-order valence-corrected chi connectivity index (χ3v) is 4.21. The normalized spacial score (nSPS) is 16.2. The minimum Gasteiger partial charge on any atom is -0.467 e. The van der Waals surface area contributed by atoms with Gasteiger partial charge in [-0.3, -0.25) is 4.79 Å². The molecule has 1 aliphatic heterocycles. The number of benzene rings is 1. The summed E-state index contributed by atoms with van der Waals surface area (Å²) in [5.74, 6) is -1.23. The van der Waals surface area contributed by atoms with Crippen LogP contribution in [0.5, 0.6) is 0 Å². The maximum Gasteiger partial charge on any atom is 0.345 e. The number of rotatable bonds is 4. The molecule has 0 fully saturated rings. The smallest absolute Gasteiger partial charge is 0.345 e. The summed E-state index contributed by atoms with van der Waals surface area (Å²) in [6.45, 7) is -0.0805. The number of carbonyl (C=O) groups is 2. The Morgan fingerprint density at radius 1 is 1.32 bits per heavy atom. The summed E-state index contributed by atoms with van der Waals surface area (Å²) >= 11 is 0. The Morgan fingerprint density at radius 2 is 2.04 bits per heavy atom. The van der Waals surface area contributed by atoms with E-state index in [0.717, 1.165) is 15.8 Å². The van der Waals surface area contributed by atoms with Gasteiger partial charge < -0.3 is 19.8 Å². The summed E-state index contributed by atoms with van der Waals surface area (Å²) in [6, 6.07) is 7.99. The standard InChI is InChI=1S/C16H16N4O5/c1-25-16(22)13-8-11-4-2-3-5-12(11)9-18(13)15(21)10-19-14(20(23)24)6-7-17-19/h2-7,13H,8-10H2,1H3. The zero-order valence-corrected chi connectivity index (χ0v) is 13.5. The van der Waals surface area contributed by atoms with Crippen molar-refractivity contribution in [3.8, 4) is 0 Å². The molecule has 1 unspecified atom stereocenters. The first-order valence-corrected chi connectivity index (χ1v) is 7.61. The van der Waals surface area contributed by atoms with Crippen LogP contribution in [0.4, 0.5) is 5.82 Å². The molecular weight excluding hydrogens is 328 g/mol. The fraction of sp³-hybridized carbons (Fsp3) is 0.312. The van der Waals surface area contributed by atoms with Gasteiger partial charge in [0, 0.05) is 13.0 Å². The molecule has 1 atom stereocenters. The topological polar surface area (TPSA) is 108 Å². The van der Waals surface area contributed by atoms with Crippen molar-refractivity contribution in [2.45, 2.75) is 25.6 Å². The molecule has 0 aliphatic carbocycles. The van der Waals surface area contributed by atoms with Gasteiger partial charge in [-0.2, -0.15) is 0 Å². The van der Waals surface area contributed by atoms with E-state index in [2.05, 4.69) is 5.10 Å². The van der Waals surface area contributed by atoms with Crippen LogP contribution in [0.3, 0.4) is 0 Å². The van der Waals surface area contributed by atoms with Crippen LogP contribution in [0.1, 0.15) is 11.1 Å². The lowest BCUT2D eigenvalue weighted by atomic mass is 9.94. The van der Waals surface area contributed by atoms with Crippen molar-refractivity contribution in [2.24, 2.45) is 0 Å². The fourth-order valence-corrected chi connectivity index (χ4v) is 2.95. The molecular formula is C16H16N4O5. The molecule has 1 aromatic carbocycles. The first-order valence-electron chi connectivity index (χ1n) is 7.61. The van der Waals surface area contributed by atoms with Gasteiger partial charge in [-0.25, -0.2) is 4.79 Å². The number of nitro groups is 1. The highest BCUT2D eigenvalue weighted by Gasteiger charge is 2.36. The molecule has 0 saturated carbocycles. The zero-order chi connectivity index (χ0) is 18.0. The van der Waals surface area contributed by atoms with Crippen molar-refractivity contribution >= 4 is 17.7 Å². The molecule has 3 rings (SSSR count). The number of carbonyl (C=O) groups excluding carboxylic acids is 2. The van der Waals surface area contributed by atoms with E-state index in [0.29, 0.717) is 6.42 Å². The molecule has 25 heavy (non-hydrogen) atoms. The average Bonchev–Trinajstić information content (AvgIpc) is 3.08. The van der Waals surface area contributed by atoms with Crippen LogP contribution in [-0.4, -0.2) is 44.6 Å². The monoisotopic (exact) mass is 344 g/mol. The Kier molecular flexibility index (Phi) is 4.46. The third-order valence-electron chi connectivity index (χ3n) is 4.21. The van der Waals surface area contributed by atoms with Crippen LogP contribution >= 0.6 is 0 Å². The van der Waals surface area contributed by atoms with Gasteiger partial charge in [-0.1, -0.05) is 29.4 Å². The maximum absolute atomic E-state index is 12.7. The van der Waals surface area contributed by atoms with E-state index < -0.39 is 22.8 Å². The quantitative estimate of drug-likeness (QED) is 0.464. The summed E-state index contributed by atoms with van der Waals surface area (Å²) in [7, 11) is 1.27. The van der Waals surface area contributed by atoms with E-state index in [1.807, 2.05) is 24.3 Å². The molecule has 1 aromatic heterocycles. The Morgan fingerprint density at radius 3 is 2.72 bits per heavy atom. The highest BCUT2D eigenvalue weighted by molar-refractivity contribution is 5.85. The molecule has 130 valence electrons. The second kappa shape index (κ2) is 6.71. The summed E-state index contributed by atoms with van der Waals surface area (Å²) in [4.78, 5) is 36.6. The Labute approximate surface area is 142 Å². The lowest BCUT2D eigenvalue weighted by Crippen LogP contribution is -2.50. The second-order valence-electron chi connectivity index (χ2n) is 5.64. The van der Waals surface area contributed by atoms with Gasteiger partial charge in [0.2, 0.25) is 0 Å². The van der Waals surface area contributed by atoms with Crippen molar-refractivity contribution < 1.29 is 19.2 Å². The molecule has 9 heteroatoms. The minimum absolute atomic E-state index is 0.240. The SMILES string of the molecule is COC(=O)C1Cc2ccccc2CN1C(=O)Cn1nccc1[N+](=O)[O-]. The molecule has 9 nitrogen and oxygen atoms in total. The Bertz CT molecular complexity index is 831. The summed E-state index contributed by atoms with van der Waals surface area (Å²) in [5, 5.41) is 14.8. The van der Waals surface area contributed by atoms with Crippen molar-refractivity contribution in [3.05, 3.63) is 57.8 Å². The molecule has 0 spiro atoms. The number of nitrogens with zero attached hydrogens (tertiary/aromatic N) is 4. The number of hydrogen-bond acceptors (Lipinski definition) is 6. The highest BCUT2D eigenvalue weighted by Crippen LogP contribution is 2.24. The van der Waals surface area contributed by atoms with E-state index in [9.17, 15) is 19.7 Å². The van der Waals surface area contributed by atoms with E-state index in [4.69, 9.17) is 4.74 Å². The number of esters is 1. The molecule has 0 saturated heterocycles. The summed E-state index contributed by atoms with van der Waals surface area (Å²) < 4.78 is 5.83. The molecule has 2 aromatic rings. The first-order chi connectivity index (χ1) is 12.0. The lowest BCUT2D eigenvalue weighted by Gasteiger charge is -2.34. The average molecular weight is 344 g/mol. The van der Waals surface area contributed by atoms with Gasteiger partial charge in [0.15, 0.2) is 6.54 Å². The molecule has 1 aliphatic rings. The lowest BCUT2D eigenvalue weighted by molar-refractivity contribution is -0.392. The van der Waals surface area contributed by atoms with Gasteiger partial charge in [0.1, 0.15) is 6.04 Å². The second-order valence-corrected chi connectivity index (χ2v) is 5.64. The number of aromatic nitrogens is 2. The van der Waals surface area contributed by atoms with Crippen LogP contribution in [0.15, 0.2) is 36.5 Å². The van der Waals surface area contributed by atoms with Crippen LogP contribution in [0.2, 0.25) is 0 Å². The number of ether oxygens (including phenoxy) is 1. The number of amides is 1. The summed E-state index contributed by atoms with van der Waals surface area (Å²) in [5.41, 5.74) is 1.91. The van der Waals surface area contributed by atoms with Crippen LogP contribution in [0.25, 0.3) is 0 Å². The molecule has 0 N–H and O–H groups in total. The number of methoxy groups -OCH3 is 1. The van der Waals surface area contributed by atoms with E-state index in [-0.39, 0.29) is 18.9 Å². The van der Waals surface area contributed by atoms with Crippen molar-refractivity contribution in [1.82, 2.24) is 14.7 Å². The Hall–Kier alpha value is -3.23. The van der Waals surface area contributed by atoms with E-state index >= 15 is 0 Å². The van der Waals surface area contributed by atoms with Crippen LogP contribution in [-0.2, 0) is 33.8 Å². The molecule has 0 bridgehead atoms. The molecule has 2 heterocycles. The predicted octanol–water partition coefficient (Wildman–Crippen LogP) is 0.918. The first kappa shape index (κ1) is 16.6. The zero-order valence-electron chi connectivity index (χ0n) is 13.5. The van der Waals surface area contributed by atoms with E-state index in [1.165, 1.54) is 24.3 Å². The van der Waals surface area contributed by atoms with Gasteiger partial charge in [0.05, 0.1) is 19.4 Å². The largest absolute Gasteiger partial charge is 0.467 e. The number of fused-ring (bicyclic) bond motifs is 1. The minimum atomic E-state index is -0.762. The predicted molar refractivity (Wildman–Crippen MR) is 85.4 cm³/mol. The van der Waals surface area contributed by atoms with Gasteiger partial charge >= 0.3 is 11.8 Å². The Balaban J connectivity index is 1.87. The fourth-order valence-electron chi connectivity index (χ4n) is 2.95. The van der Waals surface area contributed by atoms with Crippen molar-refractivity contribution in [3.63, 3.8) is 0 Å². The van der Waals surface area contributed by atoms with E-state index in [1.54, 1.807) is 0 Å². The number of hydrogen-bond donors (Lipinski definition) is 0. The van der Waals surface area contributed by atoms with Gasteiger partial charge in [-0.15, -0.1) is 4.68 Å². The van der Waals surface area contributed by atoms with Gasteiger partial charge in [0.25, 0.3) is 5.91 Å². The molecule has 1 amide bonds.